The minimum absolute atomic E-state index is 0.155. The van der Waals surface area contributed by atoms with E-state index in [0.717, 1.165) is 0 Å². The van der Waals surface area contributed by atoms with Gasteiger partial charge in [0, 0.05) is 7.11 Å². The number of nitrogens with zero attached hydrogens (tertiary/aromatic N) is 1. The molecule has 100 valence electrons. The SMILES string of the molecule is COCC(C)C(=O)ON1C(=O)c2ccccc2C1=O. The van der Waals surface area contributed by atoms with Crippen molar-refractivity contribution < 1.29 is 24.0 Å². The maximum Gasteiger partial charge on any atom is 0.338 e. The van der Waals surface area contributed by atoms with Gasteiger partial charge < -0.3 is 9.57 Å². The molecule has 0 radical (unpaired) electrons. The maximum absolute atomic E-state index is 11.9. The highest BCUT2D eigenvalue weighted by molar-refractivity contribution is 6.20. The molecular formula is C13H13NO5. The van der Waals surface area contributed by atoms with Crippen molar-refractivity contribution in [3.05, 3.63) is 35.4 Å². The standard InChI is InChI=1S/C13H13NO5/c1-8(7-18-2)13(17)19-14-11(15)9-5-3-4-6-10(9)12(14)16/h3-6,8H,7H2,1-2H3. The Morgan fingerprint density at radius 2 is 1.74 bits per heavy atom. The van der Waals surface area contributed by atoms with Crippen LogP contribution < -0.4 is 0 Å². The molecule has 1 unspecified atom stereocenters. The van der Waals surface area contributed by atoms with Gasteiger partial charge in [-0.15, -0.1) is 0 Å². The third-order valence-electron chi connectivity index (χ3n) is 2.76. The number of amides is 2. The number of benzene rings is 1. The van der Waals surface area contributed by atoms with Gasteiger partial charge in [0.1, 0.15) is 0 Å². The van der Waals surface area contributed by atoms with Crippen LogP contribution in [0.15, 0.2) is 24.3 Å². The second-order valence-corrected chi connectivity index (χ2v) is 4.22. The van der Waals surface area contributed by atoms with Gasteiger partial charge in [-0.3, -0.25) is 9.59 Å². The van der Waals surface area contributed by atoms with Gasteiger partial charge in [0.2, 0.25) is 0 Å². The molecule has 1 aliphatic rings. The van der Waals surface area contributed by atoms with E-state index in [2.05, 4.69) is 0 Å². The summed E-state index contributed by atoms with van der Waals surface area (Å²) in [5, 5.41) is 0.499. The second-order valence-electron chi connectivity index (χ2n) is 4.22. The predicted octanol–water partition coefficient (Wildman–Crippen LogP) is 1.02. The molecule has 0 saturated heterocycles. The van der Waals surface area contributed by atoms with E-state index in [-0.39, 0.29) is 17.7 Å². The predicted molar refractivity (Wildman–Crippen MR) is 64.1 cm³/mol. The highest BCUT2D eigenvalue weighted by Crippen LogP contribution is 2.23. The first kappa shape index (κ1) is 13.2. The zero-order chi connectivity index (χ0) is 14.0. The minimum Gasteiger partial charge on any atom is -0.384 e. The molecule has 0 bridgehead atoms. The lowest BCUT2D eigenvalue weighted by Gasteiger charge is -2.15. The number of fused-ring (bicyclic) bond motifs is 1. The van der Waals surface area contributed by atoms with E-state index >= 15 is 0 Å². The van der Waals surface area contributed by atoms with Gasteiger partial charge in [0.15, 0.2) is 0 Å². The molecule has 6 heteroatoms. The number of carbonyl (C=O) groups excluding carboxylic acids is 3. The van der Waals surface area contributed by atoms with Gasteiger partial charge >= 0.3 is 5.97 Å². The summed E-state index contributed by atoms with van der Waals surface area (Å²) >= 11 is 0. The van der Waals surface area contributed by atoms with E-state index in [9.17, 15) is 14.4 Å². The van der Waals surface area contributed by atoms with Gasteiger partial charge in [-0.05, 0) is 19.1 Å². The van der Waals surface area contributed by atoms with Crippen LogP contribution >= 0.6 is 0 Å². The normalized spacial score (nSPS) is 15.4. The molecule has 0 spiro atoms. The molecule has 1 atom stereocenters. The summed E-state index contributed by atoms with van der Waals surface area (Å²) in [6, 6.07) is 6.32. The van der Waals surface area contributed by atoms with Crippen molar-refractivity contribution >= 4 is 17.8 Å². The van der Waals surface area contributed by atoms with E-state index in [0.29, 0.717) is 5.06 Å². The summed E-state index contributed by atoms with van der Waals surface area (Å²) in [4.78, 5) is 40.4. The molecule has 1 heterocycles. The Morgan fingerprint density at radius 3 is 2.21 bits per heavy atom. The topological polar surface area (TPSA) is 72.9 Å². The lowest BCUT2D eigenvalue weighted by atomic mass is 10.1. The smallest absolute Gasteiger partial charge is 0.338 e. The van der Waals surface area contributed by atoms with Crippen molar-refractivity contribution in [2.24, 2.45) is 5.92 Å². The van der Waals surface area contributed by atoms with Crippen molar-refractivity contribution in [2.45, 2.75) is 6.92 Å². The minimum atomic E-state index is -0.684. The zero-order valence-electron chi connectivity index (χ0n) is 10.6. The van der Waals surface area contributed by atoms with E-state index in [4.69, 9.17) is 9.57 Å². The summed E-state index contributed by atoms with van der Waals surface area (Å²) in [5.74, 6) is -2.50. The molecule has 0 N–H and O–H groups in total. The molecule has 19 heavy (non-hydrogen) atoms. The number of hydrogen-bond acceptors (Lipinski definition) is 5. The number of imide groups is 1. The summed E-state index contributed by atoms with van der Waals surface area (Å²) < 4.78 is 4.82. The van der Waals surface area contributed by atoms with Crippen molar-refractivity contribution in [2.75, 3.05) is 13.7 Å². The molecule has 0 aliphatic carbocycles. The van der Waals surface area contributed by atoms with Gasteiger partial charge in [-0.1, -0.05) is 17.2 Å². The van der Waals surface area contributed by atoms with Crippen LogP contribution in [0.25, 0.3) is 0 Å². The number of carbonyl (C=O) groups is 3. The highest BCUT2D eigenvalue weighted by atomic mass is 16.7. The Hall–Kier alpha value is -2.21. The monoisotopic (exact) mass is 263 g/mol. The zero-order valence-corrected chi connectivity index (χ0v) is 10.6. The average Bonchev–Trinajstić information content (AvgIpc) is 2.65. The Balaban J connectivity index is 2.14. The van der Waals surface area contributed by atoms with Crippen molar-refractivity contribution in [3.63, 3.8) is 0 Å². The fraction of sp³-hybridized carbons (Fsp3) is 0.308. The first-order valence-electron chi connectivity index (χ1n) is 5.74. The van der Waals surface area contributed by atoms with Crippen LogP contribution in [0.2, 0.25) is 0 Å². The first-order valence-corrected chi connectivity index (χ1v) is 5.74. The first-order chi connectivity index (χ1) is 9.06. The Kier molecular flexibility index (Phi) is 3.62. The summed E-state index contributed by atoms with van der Waals surface area (Å²) in [7, 11) is 1.45. The molecule has 1 aromatic carbocycles. The van der Waals surface area contributed by atoms with E-state index < -0.39 is 23.7 Å². The van der Waals surface area contributed by atoms with Crippen molar-refractivity contribution in [3.8, 4) is 0 Å². The molecule has 0 aromatic heterocycles. The molecule has 0 saturated carbocycles. The summed E-state index contributed by atoms with van der Waals surface area (Å²) in [6.45, 7) is 1.74. The Morgan fingerprint density at radius 1 is 1.21 bits per heavy atom. The van der Waals surface area contributed by atoms with Crippen LogP contribution in [-0.4, -0.2) is 36.6 Å². The number of methoxy groups -OCH3 is 1. The Bertz CT molecular complexity index is 505. The molecule has 1 aliphatic heterocycles. The van der Waals surface area contributed by atoms with Crippen molar-refractivity contribution in [1.29, 1.82) is 0 Å². The largest absolute Gasteiger partial charge is 0.384 e. The van der Waals surface area contributed by atoms with Gasteiger partial charge in [0.05, 0.1) is 23.7 Å². The quantitative estimate of drug-likeness (QED) is 0.758. The lowest BCUT2D eigenvalue weighted by Crippen LogP contribution is -2.35. The molecule has 0 fully saturated rings. The number of ether oxygens (including phenoxy) is 1. The fourth-order valence-electron chi connectivity index (χ4n) is 1.75. The molecule has 6 nitrogen and oxygen atoms in total. The number of hydroxylamine groups is 2. The third-order valence-corrected chi connectivity index (χ3v) is 2.76. The average molecular weight is 263 g/mol. The maximum atomic E-state index is 11.9. The molecule has 2 rings (SSSR count). The summed E-state index contributed by atoms with van der Waals surface area (Å²) in [6.07, 6.45) is 0. The third kappa shape index (κ3) is 2.34. The van der Waals surface area contributed by atoms with Gasteiger partial charge in [0.25, 0.3) is 11.8 Å². The van der Waals surface area contributed by atoms with E-state index in [1.807, 2.05) is 0 Å². The number of hydrogen-bond donors (Lipinski definition) is 0. The van der Waals surface area contributed by atoms with Crippen LogP contribution in [0.1, 0.15) is 27.6 Å². The number of rotatable bonds is 4. The molecular weight excluding hydrogens is 250 g/mol. The van der Waals surface area contributed by atoms with Crippen LogP contribution in [0.4, 0.5) is 0 Å². The van der Waals surface area contributed by atoms with Gasteiger partial charge in [-0.25, -0.2) is 4.79 Å². The Labute approximate surface area is 109 Å². The van der Waals surface area contributed by atoms with Crippen LogP contribution in [0.3, 0.4) is 0 Å². The molecule has 2 amide bonds. The van der Waals surface area contributed by atoms with Gasteiger partial charge in [-0.2, -0.15) is 0 Å². The highest BCUT2D eigenvalue weighted by Gasteiger charge is 2.39. The van der Waals surface area contributed by atoms with Crippen molar-refractivity contribution in [1.82, 2.24) is 5.06 Å². The lowest BCUT2D eigenvalue weighted by molar-refractivity contribution is -0.174. The van der Waals surface area contributed by atoms with E-state index in [1.165, 1.54) is 19.2 Å². The van der Waals surface area contributed by atoms with Crippen LogP contribution in [0.5, 0.6) is 0 Å². The summed E-state index contributed by atoms with van der Waals surface area (Å²) in [5.41, 5.74) is 0.472. The van der Waals surface area contributed by atoms with E-state index in [1.54, 1.807) is 19.1 Å². The molecule has 1 aromatic rings. The fourth-order valence-corrected chi connectivity index (χ4v) is 1.75. The second kappa shape index (κ2) is 5.19. The van der Waals surface area contributed by atoms with Crippen LogP contribution in [0, 0.1) is 5.92 Å². The van der Waals surface area contributed by atoms with Crippen LogP contribution in [-0.2, 0) is 14.4 Å².